The highest BCUT2D eigenvalue weighted by molar-refractivity contribution is 6.33. The highest BCUT2D eigenvalue weighted by Crippen LogP contribution is 2.32. The zero-order chi connectivity index (χ0) is 20.4. The highest BCUT2D eigenvalue weighted by atomic mass is 35.5. The maximum Gasteiger partial charge on any atom is 0.259 e. The molecular formula is C22H21ClFN3O2. The van der Waals surface area contributed by atoms with Crippen LogP contribution in [0.3, 0.4) is 0 Å². The molecule has 4 rings (SSSR count). The Kier molecular flexibility index (Phi) is 5.65. The first kappa shape index (κ1) is 19.6. The van der Waals surface area contributed by atoms with E-state index < -0.39 is 0 Å². The van der Waals surface area contributed by atoms with Gasteiger partial charge in [0.2, 0.25) is 0 Å². The third-order valence-electron chi connectivity index (χ3n) is 5.18. The van der Waals surface area contributed by atoms with Gasteiger partial charge in [-0.3, -0.25) is 9.69 Å². The Hall–Kier alpha value is -2.70. The molecule has 150 valence electrons. The second-order valence-electron chi connectivity index (χ2n) is 7.14. The number of nitrogens with zero attached hydrogens (tertiary/aromatic N) is 3. The van der Waals surface area contributed by atoms with Crippen LogP contribution < -0.4 is 0 Å². The number of hydrogen-bond acceptors (Lipinski definition) is 4. The summed E-state index contributed by atoms with van der Waals surface area (Å²) in [5.74, 6) is 0.154. The van der Waals surface area contributed by atoms with Crippen LogP contribution in [0.2, 0.25) is 5.02 Å². The van der Waals surface area contributed by atoms with Gasteiger partial charge in [-0.1, -0.05) is 47.1 Å². The number of halogens is 2. The van der Waals surface area contributed by atoms with E-state index in [-0.39, 0.29) is 11.7 Å². The molecule has 1 aromatic heterocycles. The highest BCUT2D eigenvalue weighted by Gasteiger charge is 2.29. The number of aromatic nitrogens is 1. The van der Waals surface area contributed by atoms with Gasteiger partial charge >= 0.3 is 0 Å². The largest absolute Gasteiger partial charge is 0.360 e. The Morgan fingerprint density at radius 1 is 1.10 bits per heavy atom. The van der Waals surface area contributed by atoms with E-state index >= 15 is 0 Å². The molecule has 2 aromatic carbocycles. The second kappa shape index (κ2) is 8.35. The molecule has 1 fully saturated rings. The van der Waals surface area contributed by atoms with Gasteiger partial charge in [0, 0.05) is 38.3 Å². The number of piperazine rings is 1. The lowest BCUT2D eigenvalue weighted by Gasteiger charge is -2.34. The van der Waals surface area contributed by atoms with Crippen LogP contribution in [0, 0.1) is 12.7 Å². The first-order valence-electron chi connectivity index (χ1n) is 9.50. The van der Waals surface area contributed by atoms with Crippen molar-refractivity contribution in [3.05, 3.63) is 76.3 Å². The summed E-state index contributed by atoms with van der Waals surface area (Å²) < 4.78 is 18.4. The molecule has 0 atom stereocenters. The van der Waals surface area contributed by atoms with Gasteiger partial charge in [0.25, 0.3) is 5.91 Å². The number of carbonyl (C=O) groups excluding carboxylic acids is 1. The van der Waals surface area contributed by atoms with E-state index in [0.29, 0.717) is 40.7 Å². The van der Waals surface area contributed by atoms with E-state index in [1.807, 2.05) is 23.1 Å². The molecule has 5 nitrogen and oxygen atoms in total. The Morgan fingerprint density at radius 2 is 1.79 bits per heavy atom. The molecule has 1 saturated heterocycles. The van der Waals surface area contributed by atoms with Crippen LogP contribution in [0.1, 0.15) is 21.7 Å². The molecule has 1 aliphatic heterocycles. The van der Waals surface area contributed by atoms with Crippen molar-refractivity contribution in [1.29, 1.82) is 0 Å². The fraction of sp³-hybridized carbons (Fsp3) is 0.273. The van der Waals surface area contributed by atoms with Gasteiger partial charge in [-0.05, 0) is 30.7 Å². The summed E-state index contributed by atoms with van der Waals surface area (Å²) in [6.45, 7) is 5.17. The topological polar surface area (TPSA) is 49.6 Å². The van der Waals surface area contributed by atoms with Crippen molar-refractivity contribution >= 4 is 17.5 Å². The molecule has 0 aliphatic carbocycles. The zero-order valence-electron chi connectivity index (χ0n) is 16.1. The lowest BCUT2D eigenvalue weighted by molar-refractivity contribution is 0.0627. The predicted molar refractivity (Wildman–Crippen MR) is 109 cm³/mol. The average Bonchev–Trinajstić information content (AvgIpc) is 3.11. The fourth-order valence-electron chi connectivity index (χ4n) is 3.58. The lowest BCUT2D eigenvalue weighted by Crippen LogP contribution is -2.48. The molecule has 0 radical (unpaired) electrons. The molecule has 2 heterocycles. The van der Waals surface area contributed by atoms with Gasteiger partial charge in [0.05, 0.1) is 5.02 Å². The molecule has 1 amide bonds. The Bertz CT molecular complexity index is 1010. The van der Waals surface area contributed by atoms with Gasteiger partial charge in [0.1, 0.15) is 22.8 Å². The first-order chi connectivity index (χ1) is 14.0. The van der Waals surface area contributed by atoms with Crippen molar-refractivity contribution in [2.45, 2.75) is 13.5 Å². The Labute approximate surface area is 173 Å². The summed E-state index contributed by atoms with van der Waals surface area (Å²) in [5.41, 5.74) is 2.68. The molecule has 7 heteroatoms. The summed E-state index contributed by atoms with van der Waals surface area (Å²) in [4.78, 5) is 17.3. The number of rotatable bonds is 4. The standard InChI is InChI=1S/C22H21ClFN3O2/c1-15-20(21(25-29-15)18-4-2-3-5-19(18)23)22(28)27-12-10-26(11-13-27)14-16-6-8-17(24)9-7-16/h2-9H,10-14H2,1H3. The summed E-state index contributed by atoms with van der Waals surface area (Å²) >= 11 is 6.30. The van der Waals surface area contributed by atoms with Crippen LogP contribution in [0.25, 0.3) is 11.3 Å². The third kappa shape index (κ3) is 4.18. The van der Waals surface area contributed by atoms with Crippen LogP contribution in [0.4, 0.5) is 4.39 Å². The summed E-state index contributed by atoms with van der Waals surface area (Å²) in [6.07, 6.45) is 0. The van der Waals surface area contributed by atoms with Crippen molar-refractivity contribution in [3.63, 3.8) is 0 Å². The normalized spacial score (nSPS) is 14.9. The molecule has 0 bridgehead atoms. The van der Waals surface area contributed by atoms with Crippen LogP contribution >= 0.6 is 11.6 Å². The zero-order valence-corrected chi connectivity index (χ0v) is 16.8. The minimum atomic E-state index is -0.234. The molecule has 0 saturated carbocycles. The van der Waals surface area contributed by atoms with E-state index in [4.69, 9.17) is 16.1 Å². The number of aryl methyl sites for hydroxylation is 1. The maximum atomic E-state index is 13.2. The van der Waals surface area contributed by atoms with Crippen LogP contribution in [-0.2, 0) is 6.54 Å². The average molecular weight is 414 g/mol. The lowest BCUT2D eigenvalue weighted by atomic mass is 10.0. The Balaban J connectivity index is 1.46. The molecule has 0 unspecified atom stereocenters. The molecule has 29 heavy (non-hydrogen) atoms. The third-order valence-corrected chi connectivity index (χ3v) is 5.51. The van der Waals surface area contributed by atoms with Crippen molar-refractivity contribution < 1.29 is 13.7 Å². The van der Waals surface area contributed by atoms with Crippen molar-refractivity contribution in [2.75, 3.05) is 26.2 Å². The maximum absolute atomic E-state index is 13.2. The van der Waals surface area contributed by atoms with Crippen LogP contribution in [0.15, 0.2) is 53.1 Å². The number of carbonyl (C=O) groups is 1. The molecule has 1 aliphatic rings. The molecule has 3 aromatic rings. The fourth-order valence-corrected chi connectivity index (χ4v) is 3.80. The quantitative estimate of drug-likeness (QED) is 0.636. The smallest absolute Gasteiger partial charge is 0.259 e. The summed E-state index contributed by atoms with van der Waals surface area (Å²) in [6, 6.07) is 13.8. The van der Waals surface area contributed by atoms with E-state index in [1.165, 1.54) is 12.1 Å². The predicted octanol–water partition coefficient (Wildman–Crippen LogP) is 4.40. The molecule has 0 spiro atoms. The van der Waals surface area contributed by atoms with Crippen molar-refractivity contribution in [1.82, 2.24) is 15.0 Å². The monoisotopic (exact) mass is 413 g/mol. The van der Waals surface area contributed by atoms with Gasteiger partial charge < -0.3 is 9.42 Å². The van der Waals surface area contributed by atoms with E-state index in [0.717, 1.165) is 25.2 Å². The Morgan fingerprint density at radius 3 is 2.48 bits per heavy atom. The van der Waals surface area contributed by atoms with Gasteiger partial charge in [-0.25, -0.2) is 4.39 Å². The van der Waals surface area contributed by atoms with E-state index in [2.05, 4.69) is 10.1 Å². The second-order valence-corrected chi connectivity index (χ2v) is 7.54. The van der Waals surface area contributed by atoms with Gasteiger partial charge in [-0.15, -0.1) is 0 Å². The first-order valence-corrected chi connectivity index (χ1v) is 9.88. The van der Waals surface area contributed by atoms with Crippen LogP contribution in [-0.4, -0.2) is 47.0 Å². The van der Waals surface area contributed by atoms with Crippen molar-refractivity contribution in [3.8, 4) is 11.3 Å². The molecular weight excluding hydrogens is 393 g/mol. The number of amides is 1. The SMILES string of the molecule is Cc1onc(-c2ccccc2Cl)c1C(=O)N1CCN(Cc2ccc(F)cc2)CC1. The van der Waals surface area contributed by atoms with E-state index in [1.54, 1.807) is 25.1 Å². The summed E-state index contributed by atoms with van der Waals surface area (Å²) in [7, 11) is 0. The van der Waals surface area contributed by atoms with Gasteiger partial charge in [0.15, 0.2) is 0 Å². The number of benzene rings is 2. The van der Waals surface area contributed by atoms with E-state index in [9.17, 15) is 9.18 Å². The molecule has 0 N–H and O–H groups in total. The van der Waals surface area contributed by atoms with Crippen molar-refractivity contribution in [2.24, 2.45) is 0 Å². The summed E-state index contributed by atoms with van der Waals surface area (Å²) in [5, 5.41) is 4.62. The minimum Gasteiger partial charge on any atom is -0.360 e. The van der Waals surface area contributed by atoms with Gasteiger partial charge in [-0.2, -0.15) is 0 Å². The minimum absolute atomic E-state index is 0.0971. The van der Waals surface area contributed by atoms with Crippen LogP contribution in [0.5, 0.6) is 0 Å². The number of hydrogen-bond donors (Lipinski definition) is 0.